The third-order valence-electron chi connectivity index (χ3n) is 8.00. The van der Waals surface area contributed by atoms with Crippen molar-refractivity contribution in [1.82, 2.24) is 14.8 Å². The molecule has 0 saturated carbocycles. The molecule has 214 valence electrons. The van der Waals surface area contributed by atoms with Gasteiger partial charge in [-0.05, 0) is 37.0 Å². The number of likely N-dealkylation sites (tertiary alicyclic amines) is 1. The molecule has 41 heavy (non-hydrogen) atoms. The van der Waals surface area contributed by atoms with Gasteiger partial charge in [0.1, 0.15) is 29.1 Å². The van der Waals surface area contributed by atoms with Crippen LogP contribution in [0.4, 0.5) is 19.3 Å². The lowest BCUT2D eigenvalue weighted by Crippen LogP contribution is -2.45. The number of nitrogens with zero attached hydrogens (tertiary/aromatic N) is 5. The Labute approximate surface area is 242 Å². The van der Waals surface area contributed by atoms with Crippen LogP contribution in [0.5, 0.6) is 5.75 Å². The highest BCUT2D eigenvalue weighted by molar-refractivity contribution is 6.22. The van der Waals surface area contributed by atoms with Crippen molar-refractivity contribution in [3.63, 3.8) is 0 Å². The molecule has 11 heteroatoms. The smallest absolute Gasteiger partial charge is 0.410 e. The Kier molecular flexibility index (Phi) is 8.54. The molecule has 0 N–H and O–H groups in total. The number of halogens is 3. The first-order chi connectivity index (χ1) is 19.7. The maximum absolute atomic E-state index is 13.7. The minimum absolute atomic E-state index is 0.0414. The molecule has 1 aromatic carbocycles. The lowest BCUT2D eigenvalue weighted by Gasteiger charge is -2.34. The van der Waals surface area contributed by atoms with Crippen LogP contribution in [0.1, 0.15) is 25.0 Å². The second-order valence-corrected chi connectivity index (χ2v) is 11.2. The first kappa shape index (κ1) is 28.6. The van der Waals surface area contributed by atoms with Gasteiger partial charge in [0.25, 0.3) is 0 Å². The highest BCUT2D eigenvalue weighted by Crippen LogP contribution is 2.34. The number of amides is 2. The Morgan fingerprint density at radius 3 is 2.49 bits per heavy atom. The first-order valence-electron chi connectivity index (χ1n) is 13.5. The van der Waals surface area contributed by atoms with Gasteiger partial charge in [-0.3, -0.25) is 4.79 Å². The number of benzene rings is 1. The number of anilines is 1. The first-order valence-corrected chi connectivity index (χ1v) is 14.0. The lowest BCUT2D eigenvalue weighted by atomic mass is 9.89. The van der Waals surface area contributed by atoms with E-state index in [-0.39, 0.29) is 28.9 Å². The largest absolute Gasteiger partial charge is 0.415 e. The van der Waals surface area contributed by atoms with Gasteiger partial charge in [-0.2, -0.15) is 5.26 Å². The summed E-state index contributed by atoms with van der Waals surface area (Å²) in [5, 5.41) is 8.87. The Morgan fingerprint density at radius 1 is 1.15 bits per heavy atom. The van der Waals surface area contributed by atoms with Crippen LogP contribution >= 0.6 is 11.6 Å². The van der Waals surface area contributed by atoms with Gasteiger partial charge in [-0.1, -0.05) is 18.2 Å². The monoisotopic (exact) mass is 581 g/mol. The lowest BCUT2D eigenvalue weighted by molar-refractivity contribution is -0.135. The summed E-state index contributed by atoms with van der Waals surface area (Å²) in [5.74, 6) is -2.22. The molecule has 3 aliphatic rings. The summed E-state index contributed by atoms with van der Waals surface area (Å²) in [4.78, 5) is 36.3. The van der Waals surface area contributed by atoms with Crippen LogP contribution in [0.3, 0.4) is 0 Å². The number of hydrogen-bond donors (Lipinski definition) is 0. The Hall–Kier alpha value is -3.97. The zero-order valence-electron chi connectivity index (χ0n) is 22.6. The van der Waals surface area contributed by atoms with E-state index < -0.39 is 23.8 Å². The standard InChI is InChI=1S/C30H30ClF2N5O3/c1-36(30(40)41-26-13-22(32)12-23(33)14-26)28-18-38(17-27(28)19-2-4-21(31)5-3-19)29(39)20-8-10-37(11-9-20)25-7-6-24(15-34)35-16-25/h2-4,6-7,12-14,16,20-21,27-28H,5,8-11,17-18H2,1H3/t21?,27-,28+/m0/s1. The van der Waals surface area contributed by atoms with Gasteiger partial charge >= 0.3 is 6.09 Å². The summed E-state index contributed by atoms with van der Waals surface area (Å²) in [6, 6.07) is 7.77. The molecule has 1 aromatic heterocycles. The van der Waals surface area contributed by atoms with Crippen LogP contribution in [0.2, 0.25) is 0 Å². The Bertz CT molecular complexity index is 1380. The van der Waals surface area contributed by atoms with Crippen LogP contribution in [0.15, 0.2) is 60.3 Å². The number of alkyl halides is 1. The number of ether oxygens (including phenoxy) is 1. The van der Waals surface area contributed by atoms with Crippen molar-refractivity contribution in [1.29, 1.82) is 5.26 Å². The van der Waals surface area contributed by atoms with Crippen molar-refractivity contribution in [2.24, 2.45) is 11.8 Å². The molecule has 1 unspecified atom stereocenters. The molecular formula is C30H30ClF2N5O3. The van der Waals surface area contributed by atoms with Gasteiger partial charge in [-0.25, -0.2) is 18.6 Å². The number of carbonyl (C=O) groups excluding carboxylic acids is 2. The number of piperidine rings is 1. The molecule has 0 spiro atoms. The normalized spacial score (nSPS) is 22.7. The minimum atomic E-state index is -0.847. The van der Waals surface area contributed by atoms with Gasteiger partial charge in [0, 0.05) is 63.3 Å². The van der Waals surface area contributed by atoms with Gasteiger partial charge < -0.3 is 19.4 Å². The van der Waals surface area contributed by atoms with Gasteiger partial charge in [0.2, 0.25) is 5.91 Å². The van der Waals surface area contributed by atoms with Crippen molar-refractivity contribution in [3.8, 4) is 11.8 Å². The fraction of sp³-hybridized carbons (Fsp3) is 0.400. The van der Waals surface area contributed by atoms with Crippen LogP contribution in [0, 0.1) is 34.8 Å². The summed E-state index contributed by atoms with van der Waals surface area (Å²) in [5.41, 5.74) is 2.27. The number of nitriles is 1. The molecule has 2 saturated heterocycles. The predicted molar refractivity (Wildman–Crippen MR) is 149 cm³/mol. The molecule has 5 rings (SSSR count). The van der Waals surface area contributed by atoms with E-state index in [1.54, 1.807) is 19.3 Å². The fourth-order valence-corrected chi connectivity index (χ4v) is 5.91. The molecule has 0 radical (unpaired) electrons. The van der Waals surface area contributed by atoms with Crippen LogP contribution in [0.25, 0.3) is 0 Å². The molecule has 2 amide bonds. The second kappa shape index (κ2) is 12.3. The summed E-state index contributed by atoms with van der Waals surface area (Å²) >= 11 is 6.24. The maximum Gasteiger partial charge on any atom is 0.415 e. The Morgan fingerprint density at radius 2 is 1.88 bits per heavy atom. The SMILES string of the molecule is CN(C(=O)Oc1cc(F)cc(F)c1)[C@@H]1CN(C(=O)C2CCN(c3ccc(C#N)nc3)CC2)C[C@H]1C1=CCC(Cl)C=C1. The van der Waals surface area contributed by atoms with Crippen molar-refractivity contribution < 1.29 is 23.1 Å². The average molecular weight is 582 g/mol. The number of pyridine rings is 1. The zero-order chi connectivity index (χ0) is 29.1. The van der Waals surface area contributed by atoms with Crippen LogP contribution in [-0.4, -0.2) is 71.4 Å². The van der Waals surface area contributed by atoms with Gasteiger partial charge in [-0.15, -0.1) is 11.6 Å². The van der Waals surface area contributed by atoms with E-state index in [1.807, 2.05) is 35.3 Å². The molecular weight excluding hydrogens is 552 g/mol. The van der Waals surface area contributed by atoms with Crippen molar-refractivity contribution in [3.05, 3.63) is 77.7 Å². The fourth-order valence-electron chi connectivity index (χ4n) is 5.75. The van der Waals surface area contributed by atoms with E-state index in [0.717, 1.165) is 23.4 Å². The highest BCUT2D eigenvalue weighted by atomic mass is 35.5. The molecule has 0 bridgehead atoms. The number of aromatic nitrogens is 1. The number of carbonyl (C=O) groups is 2. The zero-order valence-corrected chi connectivity index (χ0v) is 23.3. The quantitative estimate of drug-likeness (QED) is 0.467. The molecule has 2 aliphatic heterocycles. The summed E-state index contributed by atoms with van der Waals surface area (Å²) < 4.78 is 32.6. The summed E-state index contributed by atoms with van der Waals surface area (Å²) in [6.45, 7) is 2.11. The molecule has 2 aromatic rings. The van der Waals surface area contributed by atoms with Gasteiger partial charge in [0.15, 0.2) is 0 Å². The number of allylic oxidation sites excluding steroid dienone is 3. The van der Waals surface area contributed by atoms with Crippen LogP contribution in [-0.2, 0) is 4.79 Å². The predicted octanol–water partition coefficient (Wildman–Crippen LogP) is 4.90. The molecule has 3 atom stereocenters. The van der Waals surface area contributed by atoms with Crippen molar-refractivity contribution >= 4 is 29.3 Å². The summed E-state index contributed by atoms with van der Waals surface area (Å²) in [6.07, 6.45) is 8.78. The highest BCUT2D eigenvalue weighted by Gasteiger charge is 2.43. The van der Waals surface area contributed by atoms with E-state index in [9.17, 15) is 18.4 Å². The van der Waals surface area contributed by atoms with E-state index in [1.165, 1.54) is 4.90 Å². The third-order valence-corrected chi connectivity index (χ3v) is 8.33. The van der Waals surface area contributed by atoms with Crippen molar-refractivity contribution in [2.45, 2.75) is 30.7 Å². The maximum atomic E-state index is 13.7. The molecule has 1 aliphatic carbocycles. The number of hydrogen-bond acceptors (Lipinski definition) is 6. The van der Waals surface area contributed by atoms with Crippen molar-refractivity contribution in [2.75, 3.05) is 38.1 Å². The second-order valence-electron chi connectivity index (χ2n) is 10.6. The van der Waals surface area contributed by atoms with E-state index in [0.29, 0.717) is 57.2 Å². The molecule has 8 nitrogen and oxygen atoms in total. The van der Waals surface area contributed by atoms with E-state index >= 15 is 0 Å². The summed E-state index contributed by atoms with van der Waals surface area (Å²) in [7, 11) is 1.57. The van der Waals surface area contributed by atoms with E-state index in [4.69, 9.17) is 21.6 Å². The van der Waals surface area contributed by atoms with Gasteiger partial charge in [0.05, 0.1) is 23.3 Å². The molecule has 3 heterocycles. The average Bonchev–Trinajstić information content (AvgIpc) is 3.42. The topological polar surface area (TPSA) is 89.8 Å². The number of likely N-dealkylation sites (N-methyl/N-ethyl adjacent to an activating group) is 1. The van der Waals surface area contributed by atoms with Crippen LogP contribution < -0.4 is 9.64 Å². The Balaban J connectivity index is 1.27. The molecule has 2 fully saturated rings. The third kappa shape index (κ3) is 6.51. The number of rotatable bonds is 5. The minimum Gasteiger partial charge on any atom is -0.410 e. The van der Waals surface area contributed by atoms with E-state index in [2.05, 4.69) is 9.88 Å².